The average molecular weight is 227 g/mol. The lowest BCUT2D eigenvalue weighted by Gasteiger charge is -2.22. The number of amides is 2. The van der Waals surface area contributed by atoms with Gasteiger partial charge in [0.05, 0.1) is 6.61 Å². The van der Waals surface area contributed by atoms with Gasteiger partial charge in [-0.1, -0.05) is 0 Å². The molecule has 0 aromatic carbocycles. The van der Waals surface area contributed by atoms with Gasteiger partial charge in [0.2, 0.25) is 0 Å². The summed E-state index contributed by atoms with van der Waals surface area (Å²) in [6.45, 7) is 6.04. The van der Waals surface area contributed by atoms with Crippen molar-refractivity contribution in [1.29, 1.82) is 0 Å². The Kier molecular flexibility index (Phi) is 4.42. The summed E-state index contributed by atoms with van der Waals surface area (Å²) < 4.78 is 5.63. The highest BCUT2D eigenvalue weighted by Gasteiger charge is 2.19. The van der Waals surface area contributed by atoms with E-state index >= 15 is 0 Å². The maximum absolute atomic E-state index is 11.2. The number of hydrogen-bond acceptors (Lipinski definition) is 3. The molecule has 0 unspecified atom stereocenters. The van der Waals surface area contributed by atoms with Crippen LogP contribution >= 0.6 is 0 Å². The third-order valence-electron chi connectivity index (χ3n) is 3.26. The van der Waals surface area contributed by atoms with E-state index in [2.05, 4.69) is 10.6 Å². The molecular weight excluding hydrogens is 206 g/mol. The molecular formula is C11H21N3O2. The molecule has 0 saturated carbocycles. The summed E-state index contributed by atoms with van der Waals surface area (Å²) >= 11 is 0. The molecule has 16 heavy (non-hydrogen) atoms. The van der Waals surface area contributed by atoms with Gasteiger partial charge in [0.1, 0.15) is 0 Å². The van der Waals surface area contributed by atoms with Crippen LogP contribution in [0.15, 0.2) is 0 Å². The van der Waals surface area contributed by atoms with Gasteiger partial charge in [0, 0.05) is 26.2 Å². The predicted octanol–water partition coefficient (Wildman–Crippen LogP) is 0.0278. The van der Waals surface area contributed by atoms with E-state index in [1.165, 1.54) is 12.8 Å². The van der Waals surface area contributed by atoms with Gasteiger partial charge in [-0.05, 0) is 31.8 Å². The van der Waals surface area contributed by atoms with Crippen molar-refractivity contribution in [2.24, 2.45) is 5.92 Å². The van der Waals surface area contributed by atoms with E-state index in [4.69, 9.17) is 4.74 Å². The number of nitrogens with zero attached hydrogens (tertiary/aromatic N) is 1. The van der Waals surface area contributed by atoms with E-state index in [0.29, 0.717) is 12.5 Å². The smallest absolute Gasteiger partial charge is 0.317 e. The van der Waals surface area contributed by atoms with Crippen molar-refractivity contribution in [1.82, 2.24) is 15.5 Å². The van der Waals surface area contributed by atoms with Crippen molar-refractivity contribution in [3.05, 3.63) is 0 Å². The van der Waals surface area contributed by atoms with Crippen molar-refractivity contribution in [2.75, 3.05) is 45.9 Å². The van der Waals surface area contributed by atoms with Gasteiger partial charge >= 0.3 is 6.03 Å². The molecule has 0 aromatic heterocycles. The fourth-order valence-electron chi connectivity index (χ4n) is 2.20. The second-order valence-corrected chi connectivity index (χ2v) is 4.49. The molecule has 2 amide bonds. The topological polar surface area (TPSA) is 53.6 Å². The number of hydrogen-bond donors (Lipinski definition) is 2. The normalized spacial score (nSPS) is 22.5. The van der Waals surface area contributed by atoms with Crippen LogP contribution in [0.1, 0.15) is 12.8 Å². The molecule has 0 atom stereocenters. The Hall–Kier alpha value is -0.810. The highest BCUT2D eigenvalue weighted by atomic mass is 16.5. The van der Waals surface area contributed by atoms with Crippen molar-refractivity contribution in [3.63, 3.8) is 0 Å². The summed E-state index contributed by atoms with van der Waals surface area (Å²) in [5.74, 6) is 0.702. The monoisotopic (exact) mass is 227 g/mol. The van der Waals surface area contributed by atoms with Crippen LogP contribution < -0.4 is 10.6 Å². The molecule has 2 fully saturated rings. The molecule has 2 rings (SSSR count). The fourth-order valence-corrected chi connectivity index (χ4v) is 2.20. The molecule has 0 bridgehead atoms. The van der Waals surface area contributed by atoms with Crippen LogP contribution in [0, 0.1) is 5.92 Å². The molecule has 2 N–H and O–H groups in total. The molecule has 0 spiro atoms. The maximum atomic E-state index is 11.2. The lowest BCUT2D eigenvalue weighted by molar-refractivity contribution is 0.0773. The fraction of sp³-hybridized carbons (Fsp3) is 0.909. The van der Waals surface area contributed by atoms with Gasteiger partial charge in [-0.15, -0.1) is 0 Å². The van der Waals surface area contributed by atoms with Crippen LogP contribution in [0.3, 0.4) is 0 Å². The summed E-state index contributed by atoms with van der Waals surface area (Å²) in [7, 11) is 0. The molecule has 0 radical (unpaired) electrons. The number of carbonyl (C=O) groups is 1. The highest BCUT2D eigenvalue weighted by Crippen LogP contribution is 2.11. The zero-order valence-electron chi connectivity index (χ0n) is 9.71. The van der Waals surface area contributed by atoms with Crippen molar-refractivity contribution < 1.29 is 9.53 Å². The van der Waals surface area contributed by atoms with E-state index in [0.717, 1.165) is 39.3 Å². The first-order chi connectivity index (χ1) is 7.86. The second-order valence-electron chi connectivity index (χ2n) is 4.49. The molecule has 5 nitrogen and oxygen atoms in total. The van der Waals surface area contributed by atoms with Crippen molar-refractivity contribution in [3.8, 4) is 0 Å². The lowest BCUT2D eigenvalue weighted by Crippen LogP contribution is -2.33. The number of nitrogens with one attached hydrogen (secondary N) is 2. The Morgan fingerprint density at radius 3 is 2.81 bits per heavy atom. The predicted molar refractivity (Wildman–Crippen MR) is 61.4 cm³/mol. The highest BCUT2D eigenvalue weighted by molar-refractivity contribution is 5.76. The van der Waals surface area contributed by atoms with Crippen molar-refractivity contribution >= 4 is 6.03 Å². The van der Waals surface area contributed by atoms with Crippen LogP contribution in [0.4, 0.5) is 4.79 Å². The van der Waals surface area contributed by atoms with Crippen LogP contribution in [0.5, 0.6) is 0 Å². The number of piperidine rings is 1. The van der Waals surface area contributed by atoms with Crippen molar-refractivity contribution in [2.45, 2.75) is 12.8 Å². The summed E-state index contributed by atoms with van der Waals surface area (Å²) in [4.78, 5) is 13.0. The lowest BCUT2D eigenvalue weighted by atomic mass is 9.99. The third kappa shape index (κ3) is 3.35. The van der Waals surface area contributed by atoms with Crippen LogP contribution in [0.25, 0.3) is 0 Å². The first-order valence-electron chi connectivity index (χ1n) is 6.17. The minimum Gasteiger partial charge on any atom is -0.379 e. The van der Waals surface area contributed by atoms with Gasteiger partial charge in [-0.25, -0.2) is 4.79 Å². The number of urea groups is 1. The molecule has 5 heteroatoms. The van der Waals surface area contributed by atoms with Crippen LogP contribution in [0.2, 0.25) is 0 Å². The first-order valence-corrected chi connectivity index (χ1v) is 6.17. The second kappa shape index (κ2) is 6.06. The van der Waals surface area contributed by atoms with Crippen LogP contribution in [-0.4, -0.2) is 56.9 Å². The molecule has 0 aromatic rings. The van der Waals surface area contributed by atoms with Gasteiger partial charge in [0.25, 0.3) is 0 Å². The number of ether oxygens (including phenoxy) is 1. The van der Waals surface area contributed by atoms with Crippen LogP contribution in [-0.2, 0) is 4.74 Å². The molecule has 92 valence electrons. The first kappa shape index (κ1) is 11.7. The summed E-state index contributed by atoms with van der Waals surface area (Å²) in [5.41, 5.74) is 0. The molecule has 2 saturated heterocycles. The number of carbonyl (C=O) groups excluding carboxylic acids is 1. The summed E-state index contributed by atoms with van der Waals surface area (Å²) in [5, 5.41) is 6.12. The Morgan fingerprint density at radius 2 is 2.12 bits per heavy atom. The van der Waals surface area contributed by atoms with Gasteiger partial charge < -0.3 is 20.3 Å². The van der Waals surface area contributed by atoms with E-state index in [9.17, 15) is 4.79 Å². The zero-order valence-corrected chi connectivity index (χ0v) is 9.71. The molecule has 2 aliphatic heterocycles. The standard InChI is InChI=1S/C11H21N3O2/c15-11-13-5-6-14(11)7-8-16-9-10-1-3-12-4-2-10/h10,12H,1-9H2,(H,13,15). The Labute approximate surface area is 96.5 Å². The van der Waals surface area contributed by atoms with E-state index in [-0.39, 0.29) is 6.03 Å². The molecule has 2 aliphatic rings. The Morgan fingerprint density at radius 1 is 1.31 bits per heavy atom. The van der Waals surface area contributed by atoms with Gasteiger partial charge in [-0.3, -0.25) is 0 Å². The number of rotatable bonds is 5. The van der Waals surface area contributed by atoms with E-state index in [1.807, 2.05) is 4.90 Å². The Balaban J connectivity index is 1.52. The SMILES string of the molecule is O=C1NCCN1CCOCC1CCNCC1. The average Bonchev–Trinajstić information content (AvgIpc) is 2.72. The molecule has 0 aliphatic carbocycles. The summed E-state index contributed by atoms with van der Waals surface area (Å²) in [6, 6.07) is 0.0467. The third-order valence-corrected chi connectivity index (χ3v) is 3.26. The van der Waals surface area contributed by atoms with Gasteiger partial charge in [-0.2, -0.15) is 0 Å². The minimum absolute atomic E-state index is 0.0467. The maximum Gasteiger partial charge on any atom is 0.317 e. The minimum atomic E-state index is 0.0467. The van der Waals surface area contributed by atoms with Gasteiger partial charge in [0.15, 0.2) is 0 Å². The largest absolute Gasteiger partial charge is 0.379 e. The van der Waals surface area contributed by atoms with E-state index < -0.39 is 0 Å². The zero-order chi connectivity index (χ0) is 11.2. The molecule has 2 heterocycles. The Bertz CT molecular complexity index is 229. The summed E-state index contributed by atoms with van der Waals surface area (Å²) in [6.07, 6.45) is 2.43. The van der Waals surface area contributed by atoms with E-state index in [1.54, 1.807) is 0 Å². The quantitative estimate of drug-likeness (QED) is 0.651.